The second kappa shape index (κ2) is 5.40. The number of nitrogens with one attached hydrogen (secondary N) is 1. The van der Waals surface area contributed by atoms with Gasteiger partial charge in [-0.25, -0.2) is 9.97 Å². The van der Waals surface area contributed by atoms with E-state index in [0.717, 1.165) is 12.1 Å². The summed E-state index contributed by atoms with van der Waals surface area (Å²) in [5.41, 5.74) is 8.60. The molecule has 0 aliphatic rings. The number of amides is 1. The van der Waals surface area contributed by atoms with Gasteiger partial charge >= 0.3 is 0 Å². The van der Waals surface area contributed by atoms with Crippen molar-refractivity contribution in [3.05, 3.63) is 40.5 Å². The Hall–Kier alpha value is -1.95. The number of anilines is 1. The number of thiazole rings is 1. The minimum absolute atomic E-state index is 0.215. The van der Waals surface area contributed by atoms with Gasteiger partial charge in [-0.05, 0) is 12.1 Å². The van der Waals surface area contributed by atoms with Gasteiger partial charge in [0.2, 0.25) is 0 Å². The summed E-state index contributed by atoms with van der Waals surface area (Å²) in [5.74, 6) is 0.129. The second-order valence-corrected chi connectivity index (χ2v) is 4.15. The largest absolute Gasteiger partial charge is 0.384 e. The zero-order valence-corrected chi connectivity index (χ0v) is 9.91. The van der Waals surface area contributed by atoms with Gasteiger partial charge in [0.05, 0.1) is 11.2 Å². The van der Waals surface area contributed by atoms with Crippen LogP contribution in [0, 0.1) is 0 Å². The van der Waals surface area contributed by atoms with Gasteiger partial charge in [0, 0.05) is 18.3 Å². The van der Waals surface area contributed by atoms with Crippen LogP contribution in [-0.4, -0.2) is 22.4 Å². The molecule has 5 nitrogen and oxygen atoms in total. The summed E-state index contributed by atoms with van der Waals surface area (Å²) in [5, 5.41) is 4.74. The van der Waals surface area contributed by atoms with E-state index in [0.29, 0.717) is 18.1 Å². The van der Waals surface area contributed by atoms with Crippen LogP contribution in [-0.2, 0) is 6.42 Å². The smallest absolute Gasteiger partial charge is 0.269 e. The summed E-state index contributed by atoms with van der Waals surface area (Å²) >= 11 is 1.54. The van der Waals surface area contributed by atoms with Gasteiger partial charge in [0.25, 0.3) is 5.91 Å². The fraction of sp³-hybridized carbons (Fsp3) is 0.182. The van der Waals surface area contributed by atoms with E-state index in [1.807, 2.05) is 5.38 Å². The highest BCUT2D eigenvalue weighted by atomic mass is 32.1. The van der Waals surface area contributed by atoms with Crippen molar-refractivity contribution in [1.29, 1.82) is 0 Å². The van der Waals surface area contributed by atoms with Crippen molar-refractivity contribution in [1.82, 2.24) is 15.3 Å². The summed E-state index contributed by atoms with van der Waals surface area (Å²) in [4.78, 5) is 19.8. The molecule has 1 amide bonds. The first kappa shape index (κ1) is 11.5. The number of aromatic nitrogens is 2. The highest BCUT2D eigenvalue weighted by molar-refractivity contribution is 7.07. The molecule has 88 valence electrons. The number of nitrogen functional groups attached to an aromatic ring is 1. The van der Waals surface area contributed by atoms with Crippen molar-refractivity contribution in [3.8, 4) is 0 Å². The molecule has 0 atom stereocenters. The molecular formula is C11H12N4OS. The number of nitrogens with two attached hydrogens (primary N) is 1. The van der Waals surface area contributed by atoms with Crippen LogP contribution in [0.4, 0.5) is 5.82 Å². The molecule has 2 aromatic rings. The zero-order valence-electron chi connectivity index (χ0n) is 9.09. The van der Waals surface area contributed by atoms with Crippen LogP contribution in [0.25, 0.3) is 0 Å². The molecule has 0 bridgehead atoms. The van der Waals surface area contributed by atoms with Crippen molar-refractivity contribution in [2.45, 2.75) is 6.42 Å². The fourth-order valence-corrected chi connectivity index (χ4v) is 1.93. The fourth-order valence-electron chi connectivity index (χ4n) is 1.33. The van der Waals surface area contributed by atoms with Crippen LogP contribution >= 0.6 is 11.3 Å². The Bertz CT molecular complexity index is 498. The Morgan fingerprint density at radius 3 is 3.06 bits per heavy atom. The molecule has 6 heteroatoms. The molecule has 0 unspecified atom stereocenters. The van der Waals surface area contributed by atoms with Crippen LogP contribution in [0.15, 0.2) is 29.1 Å². The zero-order chi connectivity index (χ0) is 12.1. The summed E-state index contributed by atoms with van der Waals surface area (Å²) in [6.07, 6.45) is 0.720. The standard InChI is InChI=1S/C11H12N4OS/c12-10-3-1-2-9(15-10)11(16)13-5-4-8-6-17-7-14-8/h1-3,6-7H,4-5H2,(H2,12,15)(H,13,16). The molecule has 0 aliphatic carbocycles. The highest BCUT2D eigenvalue weighted by Gasteiger charge is 2.06. The SMILES string of the molecule is Nc1cccc(C(=O)NCCc2cscn2)n1. The molecular weight excluding hydrogens is 236 g/mol. The third-order valence-electron chi connectivity index (χ3n) is 2.15. The van der Waals surface area contributed by atoms with Crippen LogP contribution in [0.3, 0.4) is 0 Å². The lowest BCUT2D eigenvalue weighted by Gasteiger charge is -2.03. The van der Waals surface area contributed by atoms with Gasteiger partial charge < -0.3 is 11.1 Å². The first-order chi connectivity index (χ1) is 8.25. The quantitative estimate of drug-likeness (QED) is 0.848. The molecule has 0 radical (unpaired) electrons. The lowest BCUT2D eigenvalue weighted by molar-refractivity contribution is 0.0949. The number of carbonyl (C=O) groups is 1. The van der Waals surface area contributed by atoms with E-state index in [9.17, 15) is 4.79 Å². The van der Waals surface area contributed by atoms with Gasteiger partial charge in [0.15, 0.2) is 0 Å². The summed E-state index contributed by atoms with van der Waals surface area (Å²) in [6.45, 7) is 0.541. The molecule has 0 fully saturated rings. The van der Waals surface area contributed by atoms with E-state index < -0.39 is 0 Å². The van der Waals surface area contributed by atoms with E-state index in [1.54, 1.807) is 35.0 Å². The van der Waals surface area contributed by atoms with Gasteiger partial charge in [-0.15, -0.1) is 11.3 Å². The predicted octanol–water partition coefficient (Wildman–Crippen LogP) is 1.09. The maximum absolute atomic E-state index is 11.7. The molecule has 0 aromatic carbocycles. The van der Waals surface area contributed by atoms with Crippen molar-refractivity contribution in [2.24, 2.45) is 0 Å². The van der Waals surface area contributed by atoms with Crippen molar-refractivity contribution in [3.63, 3.8) is 0 Å². The Morgan fingerprint density at radius 1 is 1.47 bits per heavy atom. The Kier molecular flexibility index (Phi) is 3.66. The molecule has 3 N–H and O–H groups in total. The van der Waals surface area contributed by atoms with Gasteiger partial charge in [-0.3, -0.25) is 4.79 Å². The molecule has 2 rings (SSSR count). The highest BCUT2D eigenvalue weighted by Crippen LogP contribution is 2.02. The maximum Gasteiger partial charge on any atom is 0.269 e. The molecule has 2 heterocycles. The van der Waals surface area contributed by atoms with E-state index in [1.165, 1.54) is 0 Å². The molecule has 17 heavy (non-hydrogen) atoms. The van der Waals surface area contributed by atoms with Crippen LogP contribution in [0.5, 0.6) is 0 Å². The molecule has 2 aromatic heterocycles. The Balaban J connectivity index is 1.85. The monoisotopic (exact) mass is 248 g/mol. The minimum atomic E-state index is -0.215. The number of carbonyl (C=O) groups excluding carboxylic acids is 1. The van der Waals surface area contributed by atoms with Gasteiger partial charge in [0.1, 0.15) is 11.5 Å². The van der Waals surface area contributed by atoms with Gasteiger partial charge in [-0.2, -0.15) is 0 Å². The van der Waals surface area contributed by atoms with Crippen LogP contribution < -0.4 is 11.1 Å². The summed E-state index contributed by atoms with van der Waals surface area (Å²) in [6, 6.07) is 4.98. The number of hydrogen-bond donors (Lipinski definition) is 2. The lowest BCUT2D eigenvalue weighted by Crippen LogP contribution is -2.26. The lowest BCUT2D eigenvalue weighted by atomic mass is 10.3. The van der Waals surface area contributed by atoms with E-state index in [-0.39, 0.29) is 5.91 Å². The van der Waals surface area contributed by atoms with Crippen molar-refractivity contribution < 1.29 is 4.79 Å². The average Bonchev–Trinajstić information content (AvgIpc) is 2.82. The maximum atomic E-state index is 11.7. The van der Waals surface area contributed by atoms with Gasteiger partial charge in [-0.1, -0.05) is 6.07 Å². The minimum Gasteiger partial charge on any atom is -0.384 e. The van der Waals surface area contributed by atoms with Crippen LogP contribution in [0.1, 0.15) is 16.2 Å². The Labute approximate surface area is 103 Å². The number of nitrogens with zero attached hydrogens (tertiary/aromatic N) is 2. The summed E-state index contributed by atoms with van der Waals surface area (Å²) < 4.78 is 0. The first-order valence-electron chi connectivity index (χ1n) is 5.13. The Morgan fingerprint density at radius 2 is 2.35 bits per heavy atom. The van der Waals surface area contributed by atoms with E-state index in [4.69, 9.17) is 5.73 Å². The molecule has 0 aliphatic heterocycles. The number of hydrogen-bond acceptors (Lipinski definition) is 5. The van der Waals surface area contributed by atoms with E-state index >= 15 is 0 Å². The summed E-state index contributed by atoms with van der Waals surface area (Å²) in [7, 11) is 0. The molecule has 0 saturated heterocycles. The molecule has 0 saturated carbocycles. The molecule has 0 spiro atoms. The normalized spacial score (nSPS) is 10.1. The predicted molar refractivity (Wildman–Crippen MR) is 66.8 cm³/mol. The second-order valence-electron chi connectivity index (χ2n) is 3.43. The topological polar surface area (TPSA) is 80.9 Å². The number of rotatable bonds is 4. The third kappa shape index (κ3) is 3.25. The van der Waals surface area contributed by atoms with Crippen molar-refractivity contribution in [2.75, 3.05) is 12.3 Å². The average molecular weight is 248 g/mol. The number of pyridine rings is 1. The van der Waals surface area contributed by atoms with Crippen LogP contribution in [0.2, 0.25) is 0 Å². The van der Waals surface area contributed by atoms with E-state index in [2.05, 4.69) is 15.3 Å². The first-order valence-corrected chi connectivity index (χ1v) is 6.08. The van der Waals surface area contributed by atoms with Crippen molar-refractivity contribution >= 4 is 23.1 Å². The third-order valence-corrected chi connectivity index (χ3v) is 2.79.